The number of unbranched alkanes of at least 4 members (excludes halogenated alkanes) is 1. The summed E-state index contributed by atoms with van der Waals surface area (Å²) >= 11 is 0. The van der Waals surface area contributed by atoms with Crippen LogP contribution < -0.4 is 11.3 Å². The van der Waals surface area contributed by atoms with Gasteiger partial charge in [0.05, 0.1) is 24.0 Å². The van der Waals surface area contributed by atoms with E-state index in [1.54, 1.807) is 6.20 Å². The van der Waals surface area contributed by atoms with E-state index in [1.807, 2.05) is 23.1 Å². The van der Waals surface area contributed by atoms with Crippen LogP contribution in [0.2, 0.25) is 0 Å². The van der Waals surface area contributed by atoms with Crippen molar-refractivity contribution in [2.24, 2.45) is 11.8 Å². The molecule has 0 bridgehead atoms. The molecular weight excluding hydrogens is 250 g/mol. The van der Waals surface area contributed by atoms with E-state index in [1.165, 1.54) is 25.7 Å². The zero-order valence-electron chi connectivity index (χ0n) is 12.4. The van der Waals surface area contributed by atoms with Gasteiger partial charge in [-0.05, 0) is 12.3 Å². The lowest BCUT2D eigenvalue weighted by Gasteiger charge is -2.21. The largest absolute Gasteiger partial charge is 0.271 e. The highest BCUT2D eigenvalue weighted by Crippen LogP contribution is 2.28. The van der Waals surface area contributed by atoms with Crippen LogP contribution in [-0.4, -0.2) is 14.6 Å². The number of nitrogens with one attached hydrogen (secondary N) is 1. The van der Waals surface area contributed by atoms with Crippen LogP contribution in [0.15, 0.2) is 24.8 Å². The lowest BCUT2D eigenvalue weighted by molar-refractivity contribution is 0.357. The van der Waals surface area contributed by atoms with Crippen molar-refractivity contribution in [2.45, 2.75) is 52.0 Å². The fourth-order valence-corrected chi connectivity index (χ4v) is 2.72. The van der Waals surface area contributed by atoms with Crippen molar-refractivity contribution < 1.29 is 0 Å². The Bertz CT molecular complexity index is 522. The Balaban J connectivity index is 2.15. The van der Waals surface area contributed by atoms with Gasteiger partial charge in [0, 0.05) is 18.0 Å². The number of rotatable bonds is 8. The minimum absolute atomic E-state index is 0.138. The van der Waals surface area contributed by atoms with Crippen LogP contribution in [0.1, 0.15) is 57.6 Å². The first kappa shape index (κ1) is 14.9. The second-order valence-electron chi connectivity index (χ2n) is 5.38. The molecule has 0 radical (unpaired) electrons. The fraction of sp³-hybridized carbons (Fsp3) is 0.600. The van der Waals surface area contributed by atoms with Gasteiger partial charge in [-0.15, -0.1) is 0 Å². The van der Waals surface area contributed by atoms with E-state index in [0.717, 1.165) is 17.5 Å². The molecule has 0 saturated heterocycles. The molecule has 2 heterocycles. The van der Waals surface area contributed by atoms with Crippen LogP contribution >= 0.6 is 0 Å². The molecule has 0 fully saturated rings. The molecule has 20 heavy (non-hydrogen) atoms. The first-order chi connectivity index (χ1) is 9.80. The third kappa shape index (κ3) is 3.35. The van der Waals surface area contributed by atoms with Gasteiger partial charge in [0.2, 0.25) is 0 Å². The maximum atomic E-state index is 5.78. The first-order valence-corrected chi connectivity index (χ1v) is 7.53. The number of aromatic nitrogens is 3. The standard InChI is InChI=1S/C15H25N5/c1-3-5-6-12(4-2)9-14(19-16)13-10-18-20-8-7-17-11-15(13)20/h7-8,10-12,14,19H,3-6,9,16H2,1-2H3. The molecule has 0 spiro atoms. The van der Waals surface area contributed by atoms with Gasteiger partial charge in [-0.3, -0.25) is 16.3 Å². The van der Waals surface area contributed by atoms with Crippen molar-refractivity contribution in [1.82, 2.24) is 20.0 Å². The van der Waals surface area contributed by atoms with Gasteiger partial charge in [0.15, 0.2) is 0 Å². The van der Waals surface area contributed by atoms with Crippen molar-refractivity contribution >= 4 is 5.52 Å². The molecule has 0 aromatic carbocycles. The highest BCUT2D eigenvalue weighted by Gasteiger charge is 2.19. The Morgan fingerprint density at radius 2 is 2.20 bits per heavy atom. The SMILES string of the molecule is CCCCC(CC)CC(NN)c1cnn2ccncc12. The summed E-state index contributed by atoms with van der Waals surface area (Å²) in [4.78, 5) is 4.18. The van der Waals surface area contributed by atoms with Crippen LogP contribution in [0.3, 0.4) is 0 Å². The van der Waals surface area contributed by atoms with E-state index in [0.29, 0.717) is 5.92 Å². The van der Waals surface area contributed by atoms with Crippen molar-refractivity contribution in [2.75, 3.05) is 0 Å². The van der Waals surface area contributed by atoms with Gasteiger partial charge in [-0.25, -0.2) is 4.52 Å². The van der Waals surface area contributed by atoms with E-state index in [9.17, 15) is 0 Å². The summed E-state index contributed by atoms with van der Waals surface area (Å²) in [6.07, 6.45) is 13.4. The van der Waals surface area contributed by atoms with E-state index in [2.05, 4.69) is 29.4 Å². The van der Waals surface area contributed by atoms with E-state index in [-0.39, 0.29) is 6.04 Å². The molecule has 2 rings (SSSR count). The van der Waals surface area contributed by atoms with Gasteiger partial charge in [0.25, 0.3) is 0 Å². The average Bonchev–Trinajstić information content (AvgIpc) is 2.92. The zero-order valence-corrected chi connectivity index (χ0v) is 12.4. The third-order valence-electron chi connectivity index (χ3n) is 4.04. The molecule has 0 aliphatic heterocycles. The second kappa shape index (κ2) is 7.36. The number of hydrazine groups is 1. The lowest BCUT2D eigenvalue weighted by Crippen LogP contribution is -2.29. The minimum Gasteiger partial charge on any atom is -0.271 e. The molecule has 0 saturated carbocycles. The number of nitrogens with zero attached hydrogens (tertiary/aromatic N) is 3. The summed E-state index contributed by atoms with van der Waals surface area (Å²) in [7, 11) is 0. The zero-order chi connectivity index (χ0) is 14.4. The highest BCUT2D eigenvalue weighted by molar-refractivity contribution is 5.53. The van der Waals surface area contributed by atoms with Crippen LogP contribution in [0.5, 0.6) is 0 Å². The summed E-state index contributed by atoms with van der Waals surface area (Å²) < 4.78 is 1.85. The molecule has 2 aromatic heterocycles. The molecule has 5 heteroatoms. The molecule has 0 aliphatic rings. The molecule has 2 aromatic rings. The van der Waals surface area contributed by atoms with Gasteiger partial charge in [0.1, 0.15) is 0 Å². The van der Waals surface area contributed by atoms with Crippen LogP contribution in [0, 0.1) is 5.92 Å². The molecule has 5 nitrogen and oxygen atoms in total. The quantitative estimate of drug-likeness (QED) is 0.574. The normalized spacial score (nSPS) is 14.6. The van der Waals surface area contributed by atoms with Crippen molar-refractivity contribution in [3.63, 3.8) is 0 Å². The van der Waals surface area contributed by atoms with Gasteiger partial charge in [-0.2, -0.15) is 5.10 Å². The van der Waals surface area contributed by atoms with Gasteiger partial charge >= 0.3 is 0 Å². The summed E-state index contributed by atoms with van der Waals surface area (Å²) in [6, 6.07) is 0.138. The van der Waals surface area contributed by atoms with Crippen molar-refractivity contribution in [1.29, 1.82) is 0 Å². The minimum atomic E-state index is 0.138. The molecule has 2 unspecified atom stereocenters. The Labute approximate surface area is 120 Å². The van der Waals surface area contributed by atoms with E-state index < -0.39 is 0 Å². The predicted molar refractivity (Wildman–Crippen MR) is 81.0 cm³/mol. The fourth-order valence-electron chi connectivity index (χ4n) is 2.72. The predicted octanol–water partition coefficient (Wildman–Crippen LogP) is 2.84. The average molecular weight is 275 g/mol. The molecule has 0 aliphatic carbocycles. The van der Waals surface area contributed by atoms with E-state index >= 15 is 0 Å². The number of fused-ring (bicyclic) bond motifs is 1. The molecular formula is C15H25N5. The smallest absolute Gasteiger partial charge is 0.0893 e. The van der Waals surface area contributed by atoms with Crippen LogP contribution in [0.25, 0.3) is 5.52 Å². The number of hydrogen-bond donors (Lipinski definition) is 2. The maximum absolute atomic E-state index is 5.78. The maximum Gasteiger partial charge on any atom is 0.0893 e. The van der Waals surface area contributed by atoms with Crippen molar-refractivity contribution in [3.8, 4) is 0 Å². The second-order valence-corrected chi connectivity index (χ2v) is 5.38. The molecule has 2 atom stereocenters. The molecule has 3 N–H and O–H groups in total. The lowest BCUT2D eigenvalue weighted by atomic mass is 9.90. The summed E-state index contributed by atoms with van der Waals surface area (Å²) in [5, 5.41) is 4.36. The van der Waals surface area contributed by atoms with Crippen LogP contribution in [0.4, 0.5) is 0 Å². The Kier molecular flexibility index (Phi) is 5.49. The van der Waals surface area contributed by atoms with Gasteiger partial charge in [-0.1, -0.05) is 39.5 Å². The van der Waals surface area contributed by atoms with Gasteiger partial charge < -0.3 is 0 Å². The Hall–Kier alpha value is -1.46. The summed E-state index contributed by atoms with van der Waals surface area (Å²) in [6.45, 7) is 4.49. The van der Waals surface area contributed by atoms with Crippen LogP contribution in [-0.2, 0) is 0 Å². The number of hydrogen-bond acceptors (Lipinski definition) is 4. The van der Waals surface area contributed by atoms with E-state index in [4.69, 9.17) is 5.84 Å². The first-order valence-electron chi connectivity index (χ1n) is 7.53. The summed E-state index contributed by atoms with van der Waals surface area (Å²) in [5.74, 6) is 6.48. The monoisotopic (exact) mass is 275 g/mol. The topological polar surface area (TPSA) is 68.2 Å². The Morgan fingerprint density at radius 1 is 1.35 bits per heavy atom. The number of nitrogens with two attached hydrogens (primary N) is 1. The molecule has 0 amide bonds. The third-order valence-corrected chi connectivity index (χ3v) is 4.04. The Morgan fingerprint density at radius 3 is 2.90 bits per heavy atom. The highest BCUT2D eigenvalue weighted by atomic mass is 15.3. The molecule has 110 valence electrons. The summed E-state index contributed by atoms with van der Waals surface area (Å²) in [5.41, 5.74) is 5.12. The van der Waals surface area contributed by atoms with Crippen molar-refractivity contribution in [3.05, 3.63) is 30.4 Å².